The molecule has 1 aromatic carbocycles. The molecule has 26 heavy (non-hydrogen) atoms. The average Bonchev–Trinajstić information content (AvgIpc) is 3.29. The van der Waals surface area contributed by atoms with Crippen molar-refractivity contribution < 1.29 is 19.1 Å². The van der Waals surface area contributed by atoms with Crippen LogP contribution in [0, 0.1) is 0 Å². The third-order valence-electron chi connectivity index (χ3n) is 4.31. The molecule has 138 valence electrons. The monoisotopic (exact) mass is 394 g/mol. The van der Waals surface area contributed by atoms with Gasteiger partial charge >= 0.3 is 5.97 Å². The first-order valence-electron chi connectivity index (χ1n) is 8.31. The fraction of sp³-hybridized carbons (Fsp3) is 0.389. The van der Waals surface area contributed by atoms with Crippen LogP contribution < -0.4 is 0 Å². The molecular formula is C18H19ClN2O4S. The van der Waals surface area contributed by atoms with Crippen LogP contribution in [0.15, 0.2) is 34.9 Å². The van der Waals surface area contributed by atoms with E-state index < -0.39 is 12.0 Å². The van der Waals surface area contributed by atoms with Crippen molar-refractivity contribution in [1.82, 2.24) is 9.88 Å². The number of halogens is 1. The van der Waals surface area contributed by atoms with E-state index in [2.05, 4.69) is 4.98 Å². The molecule has 1 aromatic heterocycles. The Hall–Kier alpha value is -1.99. The van der Waals surface area contributed by atoms with Crippen LogP contribution in [0.4, 0.5) is 0 Å². The summed E-state index contributed by atoms with van der Waals surface area (Å²) >= 11 is 7.27. The first-order chi connectivity index (χ1) is 12.5. The van der Waals surface area contributed by atoms with Gasteiger partial charge in [-0.3, -0.25) is 4.79 Å². The van der Waals surface area contributed by atoms with Crippen molar-refractivity contribution in [3.05, 3.63) is 41.4 Å². The summed E-state index contributed by atoms with van der Waals surface area (Å²) in [6.07, 6.45) is 2.89. The summed E-state index contributed by atoms with van der Waals surface area (Å²) in [5, 5.41) is 9.51. The Labute approximate surface area is 160 Å². The fourth-order valence-corrected chi connectivity index (χ4v) is 3.84. The number of hydrogen-bond donors (Lipinski definition) is 1. The summed E-state index contributed by atoms with van der Waals surface area (Å²) in [6, 6.07) is 6.56. The minimum atomic E-state index is -0.937. The summed E-state index contributed by atoms with van der Waals surface area (Å²) in [4.78, 5) is 29.5. The Bertz CT molecular complexity index is 793. The Morgan fingerprint density at radius 1 is 1.42 bits per heavy atom. The van der Waals surface area contributed by atoms with Gasteiger partial charge in [0.1, 0.15) is 6.04 Å². The van der Waals surface area contributed by atoms with E-state index in [0.717, 1.165) is 12.0 Å². The number of rotatable bonds is 6. The number of benzene rings is 1. The van der Waals surface area contributed by atoms with Crippen molar-refractivity contribution in [1.29, 1.82) is 0 Å². The summed E-state index contributed by atoms with van der Waals surface area (Å²) in [5.41, 5.74) is 0.878. The quantitative estimate of drug-likeness (QED) is 0.804. The van der Waals surface area contributed by atoms with Crippen LogP contribution in [0.5, 0.6) is 0 Å². The molecule has 0 bridgehead atoms. The molecule has 1 fully saturated rings. The lowest BCUT2D eigenvalue weighted by Gasteiger charge is -2.24. The predicted octanol–water partition coefficient (Wildman–Crippen LogP) is 3.69. The zero-order valence-electron chi connectivity index (χ0n) is 14.2. The predicted molar refractivity (Wildman–Crippen MR) is 100 cm³/mol. The molecule has 1 aliphatic rings. The molecular weight excluding hydrogens is 376 g/mol. The zero-order valence-corrected chi connectivity index (χ0v) is 15.8. The highest BCUT2D eigenvalue weighted by molar-refractivity contribution is 7.99. The largest absolute Gasteiger partial charge is 0.480 e. The molecule has 8 heteroatoms. The number of carboxylic acid groups (broad SMARTS) is 1. The number of carboxylic acids is 1. The molecule has 1 saturated heterocycles. The molecule has 2 heterocycles. The molecule has 1 aliphatic heterocycles. The summed E-state index contributed by atoms with van der Waals surface area (Å²) in [5.74, 6) is 0.516. The Morgan fingerprint density at radius 3 is 2.85 bits per heavy atom. The van der Waals surface area contributed by atoms with E-state index in [1.54, 1.807) is 25.3 Å². The van der Waals surface area contributed by atoms with Crippen molar-refractivity contribution in [2.45, 2.75) is 36.8 Å². The van der Waals surface area contributed by atoms with Crippen LogP contribution in [0.3, 0.4) is 0 Å². The van der Waals surface area contributed by atoms with Gasteiger partial charge in [-0.2, -0.15) is 0 Å². The van der Waals surface area contributed by atoms with E-state index in [1.165, 1.54) is 16.7 Å². The number of aliphatic carboxylic acids is 1. The third kappa shape index (κ3) is 4.22. The first kappa shape index (κ1) is 18.8. The van der Waals surface area contributed by atoms with Crippen molar-refractivity contribution in [3.63, 3.8) is 0 Å². The van der Waals surface area contributed by atoms with E-state index in [0.29, 0.717) is 35.4 Å². The lowest BCUT2D eigenvalue weighted by atomic mass is 10.2. The molecule has 0 radical (unpaired) electrons. The molecule has 6 nitrogen and oxygen atoms in total. The normalized spacial score (nSPS) is 18.1. The second-order valence-electron chi connectivity index (χ2n) is 6.11. The van der Waals surface area contributed by atoms with Crippen LogP contribution in [-0.2, 0) is 15.3 Å². The molecule has 1 N–H and O–H groups in total. The number of aromatic nitrogens is 1. The number of likely N-dealkylation sites (tertiary alicyclic amines) is 1. The molecule has 1 unspecified atom stereocenters. The van der Waals surface area contributed by atoms with Crippen molar-refractivity contribution in [3.8, 4) is 11.3 Å². The van der Waals surface area contributed by atoms with E-state index in [-0.39, 0.29) is 11.2 Å². The van der Waals surface area contributed by atoms with Crippen LogP contribution in [0.25, 0.3) is 11.3 Å². The Kier molecular flexibility index (Phi) is 5.88. The maximum atomic E-state index is 12.5. The molecule has 2 aromatic rings. The second-order valence-corrected chi connectivity index (χ2v) is 7.87. The number of carbonyl (C=O) groups excluding carboxylic acids is 1. The Balaban J connectivity index is 1.58. The summed E-state index contributed by atoms with van der Waals surface area (Å²) in [7, 11) is 0. The Morgan fingerprint density at radius 2 is 2.15 bits per heavy atom. The van der Waals surface area contributed by atoms with Gasteiger partial charge < -0.3 is 14.4 Å². The third-order valence-corrected chi connectivity index (χ3v) is 5.68. The molecule has 0 saturated carbocycles. The van der Waals surface area contributed by atoms with E-state index in [1.807, 2.05) is 12.1 Å². The number of nitrogens with zero attached hydrogens (tertiary/aromatic N) is 2. The topological polar surface area (TPSA) is 83.6 Å². The van der Waals surface area contributed by atoms with Crippen molar-refractivity contribution >= 4 is 35.2 Å². The van der Waals surface area contributed by atoms with Gasteiger partial charge in [0, 0.05) is 17.1 Å². The van der Waals surface area contributed by atoms with Gasteiger partial charge in [-0.1, -0.05) is 11.6 Å². The van der Waals surface area contributed by atoms with Gasteiger partial charge in [0.2, 0.25) is 11.8 Å². The van der Waals surface area contributed by atoms with Crippen LogP contribution in [0.1, 0.15) is 25.7 Å². The van der Waals surface area contributed by atoms with Crippen molar-refractivity contribution in [2.24, 2.45) is 0 Å². The highest BCUT2D eigenvalue weighted by atomic mass is 35.5. The molecule has 0 spiro atoms. The maximum Gasteiger partial charge on any atom is 0.326 e. The van der Waals surface area contributed by atoms with Crippen molar-refractivity contribution in [2.75, 3.05) is 6.54 Å². The maximum absolute atomic E-state index is 12.5. The second kappa shape index (κ2) is 8.14. The van der Waals surface area contributed by atoms with Gasteiger partial charge in [0.25, 0.3) is 0 Å². The van der Waals surface area contributed by atoms with Gasteiger partial charge in [-0.15, -0.1) is 11.8 Å². The van der Waals surface area contributed by atoms with Crippen LogP contribution in [-0.4, -0.2) is 44.7 Å². The van der Waals surface area contributed by atoms with Gasteiger partial charge in [-0.25, -0.2) is 9.78 Å². The number of oxazole rings is 1. The smallest absolute Gasteiger partial charge is 0.326 e. The first-order valence-corrected chi connectivity index (χ1v) is 9.74. The minimum absolute atomic E-state index is 0.149. The van der Waals surface area contributed by atoms with Crippen LogP contribution in [0.2, 0.25) is 5.02 Å². The SMILES string of the molecule is CC(SCc1ncc(-c2ccc(Cl)cc2)o1)C(=O)N1CCC[C@H]1C(=O)O. The number of thioether (sulfide) groups is 1. The van der Waals surface area contributed by atoms with E-state index in [4.69, 9.17) is 16.0 Å². The molecule has 2 atom stereocenters. The van der Waals surface area contributed by atoms with Crippen LogP contribution >= 0.6 is 23.4 Å². The lowest BCUT2D eigenvalue weighted by Crippen LogP contribution is -2.43. The lowest BCUT2D eigenvalue weighted by molar-refractivity contribution is -0.147. The molecule has 3 rings (SSSR count). The highest BCUT2D eigenvalue weighted by Crippen LogP contribution is 2.27. The molecule has 1 amide bonds. The summed E-state index contributed by atoms with van der Waals surface area (Å²) in [6.45, 7) is 2.29. The van der Waals surface area contributed by atoms with Gasteiger partial charge in [-0.05, 0) is 44.0 Å². The minimum Gasteiger partial charge on any atom is -0.480 e. The van der Waals surface area contributed by atoms with E-state index >= 15 is 0 Å². The standard InChI is InChI=1S/C18H19ClN2O4S/c1-11(17(22)21-8-2-3-14(21)18(23)24)26-10-16-20-9-15(25-16)12-4-6-13(19)7-5-12/h4-7,9,11,14H,2-3,8,10H2,1H3,(H,23,24)/t11?,14-/m0/s1. The number of hydrogen-bond acceptors (Lipinski definition) is 5. The van der Waals surface area contributed by atoms with Gasteiger partial charge in [0.05, 0.1) is 17.2 Å². The number of amides is 1. The average molecular weight is 395 g/mol. The number of carbonyl (C=O) groups is 2. The van der Waals surface area contributed by atoms with Gasteiger partial charge in [0.15, 0.2) is 5.76 Å². The summed E-state index contributed by atoms with van der Waals surface area (Å²) < 4.78 is 5.73. The fourth-order valence-electron chi connectivity index (χ4n) is 2.91. The highest BCUT2D eigenvalue weighted by Gasteiger charge is 2.35. The van der Waals surface area contributed by atoms with E-state index in [9.17, 15) is 14.7 Å². The molecule has 0 aliphatic carbocycles. The zero-order chi connectivity index (χ0) is 18.7.